The van der Waals surface area contributed by atoms with Crippen molar-refractivity contribution in [3.8, 4) is 0 Å². The number of anilines is 1. The lowest BCUT2D eigenvalue weighted by molar-refractivity contribution is 0.0805. The predicted molar refractivity (Wildman–Crippen MR) is 131 cm³/mol. The highest BCUT2D eigenvalue weighted by atomic mass is 19.1. The van der Waals surface area contributed by atoms with Gasteiger partial charge in [0.1, 0.15) is 11.6 Å². The number of pyridine rings is 1. The number of methoxy groups -OCH3 is 1. The number of carbonyl (C=O) groups is 1. The molecule has 0 unspecified atom stereocenters. The van der Waals surface area contributed by atoms with Crippen molar-refractivity contribution in [3.63, 3.8) is 0 Å². The van der Waals surface area contributed by atoms with Gasteiger partial charge >= 0.3 is 0 Å². The maximum atomic E-state index is 14.0. The lowest BCUT2D eigenvalue weighted by Gasteiger charge is -2.23. The van der Waals surface area contributed by atoms with Gasteiger partial charge in [-0.2, -0.15) is 0 Å². The summed E-state index contributed by atoms with van der Waals surface area (Å²) in [5.41, 5.74) is 15.2. The number of nitrogens with two attached hydrogens (primary N) is 2. The third-order valence-corrected chi connectivity index (χ3v) is 5.68. The third-order valence-electron chi connectivity index (χ3n) is 5.68. The van der Waals surface area contributed by atoms with Crippen molar-refractivity contribution in [1.29, 1.82) is 5.41 Å². The van der Waals surface area contributed by atoms with E-state index in [0.717, 1.165) is 24.8 Å². The third kappa shape index (κ3) is 6.31. The molecule has 2 rings (SSSR count). The summed E-state index contributed by atoms with van der Waals surface area (Å²) in [6.07, 6.45) is 4.41. The lowest BCUT2D eigenvalue weighted by Crippen LogP contribution is -2.32. The molecule has 1 aromatic carbocycles. The number of unbranched alkanes of at least 4 members (excludes halogenated alkanes) is 1. The van der Waals surface area contributed by atoms with E-state index < -0.39 is 0 Å². The van der Waals surface area contributed by atoms with Crippen LogP contribution in [0.1, 0.15) is 66.1 Å². The molecule has 1 aromatic heterocycles. The van der Waals surface area contributed by atoms with Crippen LogP contribution >= 0.6 is 0 Å². The quantitative estimate of drug-likeness (QED) is 0.381. The van der Waals surface area contributed by atoms with E-state index >= 15 is 0 Å². The molecule has 178 valence electrons. The van der Waals surface area contributed by atoms with Crippen LogP contribution < -0.4 is 11.5 Å². The number of hydrogen-bond donors (Lipinski definition) is 3. The highest BCUT2D eigenvalue weighted by molar-refractivity contribution is 6.19. The largest absolute Gasteiger partial charge is 0.481 e. The maximum absolute atomic E-state index is 14.0. The number of nitrogens with zero attached hydrogens (tertiary/aromatic N) is 2. The molecule has 0 aliphatic rings. The average Bonchev–Trinajstić information content (AvgIpc) is 2.79. The molecule has 5 N–H and O–H groups in total. The predicted octanol–water partition coefficient (Wildman–Crippen LogP) is 4.47. The zero-order valence-electron chi connectivity index (χ0n) is 20.0. The fraction of sp³-hybridized carbons (Fsp3) is 0.400. The molecule has 2 aromatic rings. The number of carbonyl (C=O) groups excluding carboxylic acids is 1. The van der Waals surface area contributed by atoms with Crippen molar-refractivity contribution in [3.05, 3.63) is 64.2 Å². The molecular weight excluding hydrogens is 421 g/mol. The molecule has 0 aliphatic carbocycles. The first-order valence-electron chi connectivity index (χ1n) is 11.0. The van der Waals surface area contributed by atoms with Crippen LogP contribution in [-0.4, -0.2) is 42.4 Å². The first-order valence-corrected chi connectivity index (χ1v) is 11.0. The smallest absolute Gasteiger partial charge is 0.254 e. The number of nitrogens with one attached hydrogen (secondary N) is 1. The van der Waals surface area contributed by atoms with Gasteiger partial charge in [-0.15, -0.1) is 0 Å². The Bertz CT molecular complexity index is 1050. The second kappa shape index (κ2) is 11.4. The molecule has 0 aliphatic heterocycles. The molecule has 0 saturated carbocycles. The van der Waals surface area contributed by atoms with Crippen molar-refractivity contribution >= 4 is 23.2 Å². The van der Waals surface area contributed by atoms with E-state index in [-0.39, 0.29) is 35.8 Å². The average molecular weight is 456 g/mol. The Morgan fingerprint density at radius 3 is 2.64 bits per heavy atom. The zero-order valence-corrected chi connectivity index (χ0v) is 20.0. The molecule has 0 saturated heterocycles. The zero-order chi connectivity index (χ0) is 24.7. The molecule has 8 heteroatoms. The Balaban J connectivity index is 2.39. The van der Waals surface area contributed by atoms with Gasteiger partial charge in [0.15, 0.2) is 0 Å². The van der Waals surface area contributed by atoms with Crippen LogP contribution in [0.4, 0.5) is 10.2 Å². The van der Waals surface area contributed by atoms with Crippen molar-refractivity contribution in [2.75, 3.05) is 26.4 Å². The number of amides is 1. The van der Waals surface area contributed by atoms with Crippen LogP contribution in [0, 0.1) is 18.2 Å². The van der Waals surface area contributed by atoms with Gasteiger partial charge in [0.25, 0.3) is 5.91 Å². The van der Waals surface area contributed by atoms with Gasteiger partial charge in [0.05, 0.1) is 19.2 Å². The van der Waals surface area contributed by atoms with Crippen LogP contribution in [0.15, 0.2) is 36.2 Å². The van der Waals surface area contributed by atoms with Gasteiger partial charge in [-0.05, 0) is 54.7 Å². The van der Waals surface area contributed by atoms with Crippen molar-refractivity contribution in [2.24, 2.45) is 5.73 Å². The Morgan fingerprint density at radius 2 is 2.03 bits per heavy atom. The van der Waals surface area contributed by atoms with Crippen molar-refractivity contribution in [1.82, 2.24) is 9.88 Å². The summed E-state index contributed by atoms with van der Waals surface area (Å²) in [6, 6.07) is 6.03. The minimum absolute atomic E-state index is 0.0435. The van der Waals surface area contributed by atoms with E-state index in [0.29, 0.717) is 28.1 Å². The normalized spacial score (nSPS) is 12.7. The van der Waals surface area contributed by atoms with Gasteiger partial charge in [0, 0.05) is 30.1 Å². The summed E-state index contributed by atoms with van der Waals surface area (Å²) >= 11 is 0. The summed E-state index contributed by atoms with van der Waals surface area (Å²) < 4.78 is 19.1. The van der Waals surface area contributed by atoms with Crippen LogP contribution in [0.25, 0.3) is 5.57 Å². The number of aryl methyl sites for hydroxylation is 1. The Morgan fingerprint density at radius 1 is 1.33 bits per heavy atom. The topological polar surface area (TPSA) is 118 Å². The number of nitrogen functional groups attached to an aromatic ring is 1. The molecular formula is C25H34FN5O2. The molecule has 1 amide bonds. The summed E-state index contributed by atoms with van der Waals surface area (Å²) in [6.45, 7) is 5.95. The lowest BCUT2D eigenvalue weighted by atomic mass is 9.91. The minimum Gasteiger partial charge on any atom is -0.481 e. The highest BCUT2D eigenvalue weighted by Gasteiger charge is 2.22. The molecule has 0 radical (unpaired) electrons. The summed E-state index contributed by atoms with van der Waals surface area (Å²) in [5, 5.41) is 8.22. The van der Waals surface area contributed by atoms with Gasteiger partial charge in [0.2, 0.25) is 5.90 Å². The van der Waals surface area contributed by atoms with Crippen LogP contribution in [-0.2, 0) is 4.74 Å². The van der Waals surface area contributed by atoms with E-state index in [1.807, 2.05) is 13.8 Å². The molecule has 0 fully saturated rings. The van der Waals surface area contributed by atoms with Gasteiger partial charge in [-0.25, -0.2) is 9.37 Å². The summed E-state index contributed by atoms with van der Waals surface area (Å²) in [4.78, 5) is 18.9. The Labute approximate surface area is 195 Å². The maximum Gasteiger partial charge on any atom is 0.254 e. The fourth-order valence-electron chi connectivity index (χ4n) is 3.70. The summed E-state index contributed by atoms with van der Waals surface area (Å²) in [7, 11) is 3.00. The number of rotatable bonds is 9. The fourth-order valence-corrected chi connectivity index (χ4v) is 3.70. The molecule has 1 heterocycles. The number of halogens is 1. The molecule has 1 atom stereocenters. The number of ether oxygens (including phenoxy) is 1. The first-order chi connectivity index (χ1) is 15.6. The molecule has 0 spiro atoms. The molecule has 7 nitrogen and oxygen atoms in total. The number of hydrogen-bond acceptors (Lipinski definition) is 6. The van der Waals surface area contributed by atoms with Gasteiger partial charge in [-0.3, -0.25) is 10.2 Å². The number of aromatic nitrogens is 1. The number of benzene rings is 1. The van der Waals surface area contributed by atoms with Crippen molar-refractivity contribution < 1.29 is 13.9 Å². The van der Waals surface area contributed by atoms with Crippen LogP contribution in [0.5, 0.6) is 0 Å². The van der Waals surface area contributed by atoms with Crippen LogP contribution in [0.3, 0.4) is 0 Å². The van der Waals surface area contributed by atoms with Gasteiger partial charge in [-0.1, -0.05) is 26.7 Å². The van der Waals surface area contributed by atoms with E-state index in [2.05, 4.69) is 11.9 Å². The minimum atomic E-state index is -0.367. The monoisotopic (exact) mass is 455 g/mol. The van der Waals surface area contributed by atoms with E-state index in [4.69, 9.17) is 21.6 Å². The van der Waals surface area contributed by atoms with E-state index in [1.165, 1.54) is 36.4 Å². The Kier molecular flexibility index (Phi) is 8.96. The SMILES string of the molecule is CCCC[C@@H](C)c1cc(F)ccc1C(=O)N(C)CC(N)=C(C(=N)OC)c1cnc(N)c(C)c1. The first kappa shape index (κ1) is 25.8. The number of likely N-dealkylation sites (N-methyl/N-ethyl adjacent to an activating group) is 1. The Hall–Kier alpha value is -3.42. The van der Waals surface area contributed by atoms with E-state index in [9.17, 15) is 9.18 Å². The highest BCUT2D eigenvalue weighted by Crippen LogP contribution is 2.27. The second-order valence-electron chi connectivity index (χ2n) is 8.30. The standard InChI is InChI=1S/C25H34FN5O2/c1-6-7-8-15(2)20-12-18(26)9-10-19(20)25(32)31(4)14-21(27)22(24(29)33-5)17-11-16(3)23(28)30-13-17/h9-13,15,29H,6-8,14,27H2,1-5H3,(H2,28,30)/t15-/m1/s1. The molecule has 0 bridgehead atoms. The second-order valence-corrected chi connectivity index (χ2v) is 8.30. The van der Waals surface area contributed by atoms with Crippen LogP contribution in [0.2, 0.25) is 0 Å². The molecule has 33 heavy (non-hydrogen) atoms. The summed E-state index contributed by atoms with van der Waals surface area (Å²) in [5.74, 6) is -0.355. The van der Waals surface area contributed by atoms with Crippen molar-refractivity contribution in [2.45, 2.75) is 46.0 Å². The van der Waals surface area contributed by atoms with Gasteiger partial charge < -0.3 is 21.1 Å². The van der Waals surface area contributed by atoms with E-state index in [1.54, 1.807) is 13.1 Å².